The average molecular weight is 278 g/mol. The molecule has 106 valence electrons. The van der Waals surface area contributed by atoms with E-state index in [1.807, 2.05) is 48.5 Å². The van der Waals surface area contributed by atoms with Crippen molar-refractivity contribution in [3.63, 3.8) is 0 Å². The second-order valence-electron chi connectivity index (χ2n) is 6.73. The lowest BCUT2D eigenvalue weighted by atomic mass is 9.66. The summed E-state index contributed by atoms with van der Waals surface area (Å²) in [7, 11) is 0. The van der Waals surface area contributed by atoms with Gasteiger partial charge in [0.2, 0.25) is 0 Å². The third-order valence-corrected chi connectivity index (χ3v) is 4.79. The summed E-state index contributed by atoms with van der Waals surface area (Å²) in [6, 6.07) is 18.0. The molecule has 1 saturated heterocycles. The van der Waals surface area contributed by atoms with Gasteiger partial charge in [0.25, 0.3) is 0 Å². The van der Waals surface area contributed by atoms with Crippen LogP contribution < -0.4 is 0 Å². The molecule has 0 radical (unpaired) electrons. The fraction of sp³-hybridized carbons (Fsp3) is 0.316. The smallest absolute Gasteiger partial charge is 0.198 e. The van der Waals surface area contributed by atoms with Crippen molar-refractivity contribution >= 4 is 5.78 Å². The first kappa shape index (κ1) is 12.8. The summed E-state index contributed by atoms with van der Waals surface area (Å²) >= 11 is 0. The Bertz CT molecular complexity index is 717. The topological polar surface area (TPSA) is 29.6 Å². The first-order valence-electron chi connectivity index (χ1n) is 7.42. The van der Waals surface area contributed by atoms with E-state index >= 15 is 0 Å². The number of rotatable bonds is 1. The molecule has 0 unspecified atom stereocenters. The zero-order valence-electron chi connectivity index (χ0n) is 12.3. The molecular weight excluding hydrogens is 260 g/mol. The van der Waals surface area contributed by atoms with Gasteiger partial charge in [0.1, 0.15) is 6.10 Å². The standard InChI is InChI=1S/C19H18O2/c1-18(2)12-19(16(20)14-10-6-7-11-15(14)18)17(21-19)13-8-4-3-5-9-13/h3-11,17H,12H2,1-2H3/t17-,19-/m0/s1. The van der Waals surface area contributed by atoms with E-state index < -0.39 is 5.60 Å². The molecule has 21 heavy (non-hydrogen) atoms. The maximum atomic E-state index is 12.9. The number of ether oxygens (including phenoxy) is 1. The summed E-state index contributed by atoms with van der Waals surface area (Å²) in [5.74, 6) is 0.145. The van der Waals surface area contributed by atoms with E-state index in [2.05, 4.69) is 19.9 Å². The number of carbonyl (C=O) groups excluding carboxylic acids is 1. The van der Waals surface area contributed by atoms with Crippen molar-refractivity contribution < 1.29 is 9.53 Å². The van der Waals surface area contributed by atoms with Gasteiger partial charge in [-0.15, -0.1) is 0 Å². The fourth-order valence-electron chi connectivity index (χ4n) is 3.78. The normalized spacial score (nSPS) is 29.2. The molecular formula is C19H18O2. The van der Waals surface area contributed by atoms with Crippen LogP contribution in [0, 0.1) is 0 Å². The van der Waals surface area contributed by atoms with Crippen molar-refractivity contribution in [2.75, 3.05) is 0 Å². The van der Waals surface area contributed by atoms with Crippen molar-refractivity contribution in [2.45, 2.75) is 37.4 Å². The van der Waals surface area contributed by atoms with E-state index in [0.717, 1.165) is 23.1 Å². The molecule has 2 aliphatic rings. The number of carbonyl (C=O) groups is 1. The van der Waals surface area contributed by atoms with Crippen molar-refractivity contribution in [1.29, 1.82) is 0 Å². The van der Waals surface area contributed by atoms with Gasteiger partial charge in [-0.05, 0) is 23.0 Å². The Morgan fingerprint density at radius 2 is 1.67 bits per heavy atom. The third-order valence-electron chi connectivity index (χ3n) is 4.79. The molecule has 0 aromatic heterocycles. The highest BCUT2D eigenvalue weighted by Crippen LogP contribution is 2.60. The Morgan fingerprint density at radius 3 is 2.43 bits per heavy atom. The van der Waals surface area contributed by atoms with Gasteiger partial charge < -0.3 is 4.74 Å². The van der Waals surface area contributed by atoms with Gasteiger partial charge in [0.15, 0.2) is 11.4 Å². The first-order chi connectivity index (χ1) is 10.0. The van der Waals surface area contributed by atoms with Crippen LogP contribution in [0.15, 0.2) is 54.6 Å². The zero-order valence-corrected chi connectivity index (χ0v) is 12.3. The summed E-state index contributed by atoms with van der Waals surface area (Å²) in [5.41, 5.74) is 2.36. The lowest BCUT2D eigenvalue weighted by Gasteiger charge is -2.35. The number of ketones is 1. The van der Waals surface area contributed by atoms with Crippen molar-refractivity contribution in [3.8, 4) is 0 Å². The van der Waals surface area contributed by atoms with Crippen molar-refractivity contribution in [3.05, 3.63) is 71.3 Å². The molecule has 1 aliphatic heterocycles. The molecule has 4 rings (SSSR count). The predicted molar refractivity (Wildman–Crippen MR) is 81.4 cm³/mol. The van der Waals surface area contributed by atoms with Crippen LogP contribution in [0.2, 0.25) is 0 Å². The summed E-state index contributed by atoms with van der Waals surface area (Å²) < 4.78 is 5.99. The van der Waals surface area contributed by atoms with Crippen LogP contribution >= 0.6 is 0 Å². The van der Waals surface area contributed by atoms with Crippen LogP contribution in [-0.2, 0) is 10.2 Å². The van der Waals surface area contributed by atoms with E-state index in [1.165, 1.54) is 0 Å². The predicted octanol–water partition coefficient (Wildman–Crippen LogP) is 4.06. The summed E-state index contributed by atoms with van der Waals surface area (Å²) in [4.78, 5) is 12.9. The quantitative estimate of drug-likeness (QED) is 0.736. The highest BCUT2D eigenvalue weighted by Gasteiger charge is 2.66. The van der Waals surface area contributed by atoms with E-state index in [1.54, 1.807) is 0 Å². The number of Topliss-reactive ketones (excluding diaryl/α,β-unsaturated/α-hetero) is 1. The lowest BCUT2D eigenvalue weighted by Crippen LogP contribution is -2.40. The SMILES string of the molecule is CC1(C)C[C@]2(O[C@H]2c2ccccc2)C(=O)c2ccccc21. The monoisotopic (exact) mass is 278 g/mol. The van der Waals surface area contributed by atoms with Crippen molar-refractivity contribution in [1.82, 2.24) is 0 Å². The average Bonchev–Trinajstić information content (AvgIpc) is 3.21. The number of fused-ring (bicyclic) bond motifs is 1. The van der Waals surface area contributed by atoms with Gasteiger partial charge in [0.05, 0.1) is 0 Å². The van der Waals surface area contributed by atoms with Gasteiger partial charge in [0, 0.05) is 5.56 Å². The molecule has 0 bridgehead atoms. The molecule has 0 saturated carbocycles. The summed E-state index contributed by atoms with van der Waals surface area (Å²) in [6.07, 6.45) is 0.647. The molecule has 2 nitrogen and oxygen atoms in total. The number of hydrogen-bond acceptors (Lipinski definition) is 2. The van der Waals surface area contributed by atoms with Gasteiger partial charge in [-0.3, -0.25) is 4.79 Å². The Morgan fingerprint density at radius 1 is 1.00 bits per heavy atom. The Hall–Kier alpha value is -1.93. The lowest BCUT2D eigenvalue weighted by molar-refractivity contribution is 0.0812. The first-order valence-corrected chi connectivity index (χ1v) is 7.42. The van der Waals surface area contributed by atoms with E-state index in [-0.39, 0.29) is 17.3 Å². The minimum atomic E-state index is -0.654. The molecule has 2 heteroatoms. The van der Waals surface area contributed by atoms with E-state index in [9.17, 15) is 4.79 Å². The highest BCUT2D eigenvalue weighted by atomic mass is 16.6. The van der Waals surface area contributed by atoms with Gasteiger partial charge >= 0.3 is 0 Å². The minimum Gasteiger partial charge on any atom is -0.352 e. The minimum absolute atomic E-state index is 0.0476. The van der Waals surface area contributed by atoms with Crippen LogP contribution in [0.4, 0.5) is 0 Å². The molecule has 0 N–H and O–H groups in total. The fourth-order valence-corrected chi connectivity index (χ4v) is 3.78. The Kier molecular flexibility index (Phi) is 2.46. The van der Waals surface area contributed by atoms with Crippen LogP contribution in [0.3, 0.4) is 0 Å². The van der Waals surface area contributed by atoms with Crippen LogP contribution in [0.1, 0.15) is 47.9 Å². The summed E-state index contributed by atoms with van der Waals surface area (Å²) in [6.45, 7) is 4.40. The van der Waals surface area contributed by atoms with Gasteiger partial charge in [-0.1, -0.05) is 68.4 Å². The third kappa shape index (κ3) is 1.72. The number of benzene rings is 2. The highest BCUT2D eigenvalue weighted by molar-refractivity contribution is 6.07. The second kappa shape index (κ2) is 4.05. The Balaban J connectivity index is 1.79. The van der Waals surface area contributed by atoms with Crippen LogP contribution in [-0.4, -0.2) is 11.4 Å². The van der Waals surface area contributed by atoms with Gasteiger partial charge in [-0.25, -0.2) is 0 Å². The molecule has 2 aromatic rings. The number of hydrogen-bond donors (Lipinski definition) is 0. The molecule has 1 heterocycles. The van der Waals surface area contributed by atoms with Crippen LogP contribution in [0.5, 0.6) is 0 Å². The summed E-state index contributed by atoms with van der Waals surface area (Å²) in [5, 5.41) is 0. The van der Waals surface area contributed by atoms with Crippen molar-refractivity contribution in [2.24, 2.45) is 0 Å². The second-order valence-corrected chi connectivity index (χ2v) is 6.73. The van der Waals surface area contributed by atoms with E-state index in [0.29, 0.717) is 0 Å². The Labute approximate surface area is 124 Å². The van der Waals surface area contributed by atoms with Gasteiger partial charge in [-0.2, -0.15) is 0 Å². The molecule has 2 atom stereocenters. The largest absolute Gasteiger partial charge is 0.352 e. The molecule has 2 aromatic carbocycles. The molecule has 0 amide bonds. The van der Waals surface area contributed by atoms with E-state index in [4.69, 9.17) is 4.74 Å². The molecule has 1 aliphatic carbocycles. The zero-order chi connectivity index (χ0) is 14.7. The molecule has 1 spiro atoms. The van der Waals surface area contributed by atoms with Crippen LogP contribution in [0.25, 0.3) is 0 Å². The molecule has 1 fully saturated rings. The maximum Gasteiger partial charge on any atom is 0.198 e. The number of epoxide rings is 1. The maximum absolute atomic E-state index is 12.9.